The van der Waals surface area contributed by atoms with Crippen LogP contribution in [-0.2, 0) is 0 Å². The van der Waals surface area contributed by atoms with Crippen molar-refractivity contribution in [1.82, 2.24) is 30.4 Å². The fourth-order valence-electron chi connectivity index (χ4n) is 3.29. The van der Waals surface area contributed by atoms with Crippen LogP contribution in [0.25, 0.3) is 5.69 Å². The van der Waals surface area contributed by atoms with Crippen molar-refractivity contribution in [2.24, 2.45) is 0 Å². The number of likely N-dealkylation sites (tertiary alicyclic amines) is 1. The Labute approximate surface area is 154 Å². The Kier molecular flexibility index (Phi) is 4.81. The number of tetrazole rings is 1. The number of carbonyl (C=O) groups is 1. The number of hydrogen-bond donors (Lipinski definition) is 1. The third-order valence-corrected chi connectivity index (χ3v) is 5.48. The molecule has 3 aromatic rings. The predicted molar refractivity (Wildman–Crippen MR) is 96.4 cm³/mol. The van der Waals surface area contributed by atoms with Crippen LogP contribution in [0.1, 0.15) is 40.1 Å². The van der Waals surface area contributed by atoms with Crippen LogP contribution in [0.3, 0.4) is 0 Å². The number of aryl methyl sites for hydroxylation is 1. The number of amides is 1. The zero-order chi connectivity index (χ0) is 17.9. The van der Waals surface area contributed by atoms with Crippen LogP contribution in [0.4, 0.5) is 0 Å². The average Bonchev–Trinajstić information content (AvgIpc) is 3.41. The summed E-state index contributed by atoms with van der Waals surface area (Å²) in [5.74, 6) is 1.66. The van der Waals surface area contributed by atoms with Crippen LogP contribution < -0.4 is 5.32 Å². The molecule has 0 aliphatic carbocycles. The smallest absolute Gasteiger partial charge is 0.263 e. The maximum atomic E-state index is 12.7. The van der Waals surface area contributed by atoms with E-state index in [4.69, 9.17) is 4.42 Å². The first-order valence-electron chi connectivity index (χ1n) is 8.62. The summed E-state index contributed by atoms with van der Waals surface area (Å²) < 4.78 is 7.34. The molecule has 0 aromatic carbocycles. The fourth-order valence-corrected chi connectivity index (χ4v) is 4.08. The van der Waals surface area contributed by atoms with Gasteiger partial charge in [-0.15, -0.1) is 16.4 Å². The molecule has 1 fully saturated rings. The van der Waals surface area contributed by atoms with Gasteiger partial charge in [0.2, 0.25) is 0 Å². The van der Waals surface area contributed by atoms with E-state index in [0.29, 0.717) is 17.1 Å². The van der Waals surface area contributed by atoms with E-state index in [-0.39, 0.29) is 11.9 Å². The average molecular weight is 372 g/mol. The summed E-state index contributed by atoms with van der Waals surface area (Å²) >= 11 is 1.37. The van der Waals surface area contributed by atoms with Gasteiger partial charge in [0, 0.05) is 6.54 Å². The molecule has 1 unspecified atom stereocenters. The van der Waals surface area contributed by atoms with Crippen molar-refractivity contribution in [1.29, 1.82) is 0 Å². The highest BCUT2D eigenvalue weighted by Crippen LogP contribution is 2.27. The fraction of sp³-hybridized carbons (Fsp3) is 0.412. The van der Waals surface area contributed by atoms with Gasteiger partial charge in [-0.3, -0.25) is 9.69 Å². The largest absolute Gasteiger partial charge is 0.465 e. The molecule has 4 rings (SSSR count). The number of furan rings is 1. The van der Waals surface area contributed by atoms with Crippen LogP contribution in [0, 0.1) is 6.92 Å². The second kappa shape index (κ2) is 7.38. The monoisotopic (exact) mass is 372 g/mol. The maximum Gasteiger partial charge on any atom is 0.263 e. The van der Waals surface area contributed by atoms with Crippen molar-refractivity contribution in [3.63, 3.8) is 0 Å². The van der Waals surface area contributed by atoms with E-state index in [2.05, 4.69) is 25.7 Å². The van der Waals surface area contributed by atoms with Gasteiger partial charge in [-0.25, -0.2) is 0 Å². The summed E-state index contributed by atoms with van der Waals surface area (Å²) in [5.41, 5.74) is 0.684. The Bertz CT molecular complexity index is 866. The molecule has 1 saturated heterocycles. The molecule has 1 N–H and O–H groups in total. The number of nitrogens with zero attached hydrogens (tertiary/aromatic N) is 5. The summed E-state index contributed by atoms with van der Waals surface area (Å²) in [4.78, 5) is 15.7. The van der Waals surface area contributed by atoms with Crippen molar-refractivity contribution in [2.45, 2.75) is 25.8 Å². The standard InChI is InChI=1S/C17H20N6O2S/c1-12-4-5-15(25-12)14(22-7-2-3-8-22)10-18-17(24)16-13(6-9-26-16)23-11-19-20-21-23/h4-6,9,11,14H,2-3,7-8,10H2,1H3,(H,18,24). The first kappa shape index (κ1) is 16.9. The normalized spacial score (nSPS) is 16.0. The summed E-state index contributed by atoms with van der Waals surface area (Å²) in [5, 5.41) is 16.1. The lowest BCUT2D eigenvalue weighted by molar-refractivity contribution is 0.0937. The molecule has 0 saturated carbocycles. The van der Waals surface area contributed by atoms with E-state index >= 15 is 0 Å². The second-order valence-corrected chi connectivity index (χ2v) is 7.22. The van der Waals surface area contributed by atoms with Gasteiger partial charge >= 0.3 is 0 Å². The van der Waals surface area contributed by atoms with Crippen LogP contribution >= 0.6 is 11.3 Å². The zero-order valence-electron chi connectivity index (χ0n) is 14.5. The summed E-state index contributed by atoms with van der Waals surface area (Å²) in [7, 11) is 0. The van der Waals surface area contributed by atoms with Crippen molar-refractivity contribution in [3.8, 4) is 5.69 Å². The molecule has 9 heteroatoms. The SMILES string of the molecule is Cc1ccc(C(CNC(=O)c2sccc2-n2cnnn2)N2CCCC2)o1. The van der Waals surface area contributed by atoms with Gasteiger partial charge in [0.1, 0.15) is 22.7 Å². The predicted octanol–water partition coefficient (Wildman–Crippen LogP) is 2.19. The minimum absolute atomic E-state index is 0.0478. The minimum Gasteiger partial charge on any atom is -0.465 e. The van der Waals surface area contributed by atoms with Crippen molar-refractivity contribution >= 4 is 17.2 Å². The summed E-state index contributed by atoms with van der Waals surface area (Å²) in [6, 6.07) is 5.85. The number of rotatable bonds is 6. The van der Waals surface area contributed by atoms with E-state index in [1.54, 1.807) is 0 Å². The first-order chi connectivity index (χ1) is 12.7. The third kappa shape index (κ3) is 3.40. The second-order valence-electron chi connectivity index (χ2n) is 6.31. The van der Waals surface area contributed by atoms with Crippen LogP contribution in [0.15, 0.2) is 34.3 Å². The highest BCUT2D eigenvalue weighted by atomic mass is 32.1. The molecule has 0 bridgehead atoms. The van der Waals surface area contributed by atoms with Crippen molar-refractivity contribution in [2.75, 3.05) is 19.6 Å². The lowest BCUT2D eigenvalue weighted by Gasteiger charge is -2.26. The Morgan fingerprint density at radius 2 is 2.19 bits per heavy atom. The minimum atomic E-state index is -0.127. The van der Waals surface area contributed by atoms with Crippen LogP contribution in [0.2, 0.25) is 0 Å². The molecular weight excluding hydrogens is 352 g/mol. The topological polar surface area (TPSA) is 89.1 Å². The van der Waals surface area contributed by atoms with Crippen LogP contribution in [0.5, 0.6) is 0 Å². The summed E-state index contributed by atoms with van der Waals surface area (Å²) in [6.07, 6.45) is 3.84. The molecule has 0 radical (unpaired) electrons. The third-order valence-electron chi connectivity index (χ3n) is 4.57. The molecule has 1 aliphatic rings. The summed E-state index contributed by atoms with van der Waals surface area (Å²) in [6.45, 7) is 4.48. The Morgan fingerprint density at radius 1 is 1.35 bits per heavy atom. The van der Waals surface area contributed by atoms with Gasteiger partial charge in [-0.1, -0.05) is 0 Å². The molecule has 26 heavy (non-hydrogen) atoms. The molecule has 136 valence electrons. The van der Waals surface area contributed by atoms with Gasteiger partial charge in [0.15, 0.2) is 0 Å². The Balaban J connectivity index is 1.49. The van der Waals surface area contributed by atoms with Crippen molar-refractivity contribution in [3.05, 3.63) is 46.3 Å². The number of nitrogens with one attached hydrogen (secondary N) is 1. The Hall–Kier alpha value is -2.52. The quantitative estimate of drug-likeness (QED) is 0.713. The van der Waals surface area contributed by atoms with Gasteiger partial charge in [-0.2, -0.15) is 4.68 Å². The molecule has 1 aliphatic heterocycles. The van der Waals surface area contributed by atoms with E-state index in [1.165, 1.54) is 35.2 Å². The van der Waals surface area contributed by atoms with Gasteiger partial charge < -0.3 is 9.73 Å². The lowest BCUT2D eigenvalue weighted by Crippen LogP contribution is -2.36. The highest BCUT2D eigenvalue weighted by Gasteiger charge is 2.27. The van der Waals surface area contributed by atoms with E-state index in [0.717, 1.165) is 24.6 Å². The van der Waals surface area contributed by atoms with Gasteiger partial charge in [0.25, 0.3) is 5.91 Å². The first-order valence-corrected chi connectivity index (χ1v) is 9.50. The maximum absolute atomic E-state index is 12.7. The van der Waals surface area contributed by atoms with Gasteiger partial charge in [-0.05, 0) is 66.9 Å². The van der Waals surface area contributed by atoms with Crippen LogP contribution in [-0.4, -0.2) is 50.6 Å². The lowest BCUT2D eigenvalue weighted by atomic mass is 10.2. The van der Waals surface area contributed by atoms with E-state index in [9.17, 15) is 4.79 Å². The molecule has 0 spiro atoms. The molecule has 3 aromatic heterocycles. The molecule has 1 atom stereocenters. The number of hydrogen-bond acceptors (Lipinski definition) is 7. The zero-order valence-corrected chi connectivity index (χ0v) is 15.3. The highest BCUT2D eigenvalue weighted by molar-refractivity contribution is 7.12. The molecule has 4 heterocycles. The van der Waals surface area contributed by atoms with Gasteiger partial charge in [0.05, 0.1) is 11.7 Å². The van der Waals surface area contributed by atoms with Crippen molar-refractivity contribution < 1.29 is 9.21 Å². The Morgan fingerprint density at radius 3 is 2.88 bits per heavy atom. The number of carbonyl (C=O) groups excluding carboxylic acids is 1. The number of aromatic nitrogens is 4. The van der Waals surface area contributed by atoms with E-state index < -0.39 is 0 Å². The molecule has 8 nitrogen and oxygen atoms in total. The van der Waals surface area contributed by atoms with E-state index in [1.807, 2.05) is 30.5 Å². The molecular formula is C17H20N6O2S. The molecule has 1 amide bonds. The number of thiophene rings is 1.